The Morgan fingerprint density at radius 3 is 2.46 bits per heavy atom. The van der Waals surface area contributed by atoms with E-state index in [9.17, 15) is 9.59 Å². The third-order valence-corrected chi connectivity index (χ3v) is 7.78. The fourth-order valence-corrected chi connectivity index (χ4v) is 5.77. The van der Waals surface area contributed by atoms with Gasteiger partial charge in [0.05, 0.1) is 6.54 Å². The lowest BCUT2D eigenvalue weighted by atomic mass is 9.75. The molecule has 1 N–H and O–H groups in total. The summed E-state index contributed by atoms with van der Waals surface area (Å²) >= 11 is 0. The highest BCUT2D eigenvalue weighted by molar-refractivity contribution is 6.07. The molecule has 2 aromatic rings. The van der Waals surface area contributed by atoms with Gasteiger partial charge >= 0.3 is 6.03 Å². The van der Waals surface area contributed by atoms with Crippen LogP contribution in [0.3, 0.4) is 0 Å². The molecular formula is C28H35N3O4. The van der Waals surface area contributed by atoms with Crippen LogP contribution in [0.25, 0.3) is 0 Å². The Morgan fingerprint density at radius 1 is 1.00 bits per heavy atom. The van der Waals surface area contributed by atoms with Gasteiger partial charge in [-0.25, -0.2) is 4.79 Å². The van der Waals surface area contributed by atoms with Crippen LogP contribution < -0.4 is 14.8 Å². The summed E-state index contributed by atoms with van der Waals surface area (Å²) in [6.07, 6.45) is 4.26. The van der Waals surface area contributed by atoms with Gasteiger partial charge in [-0.3, -0.25) is 9.69 Å². The standard InChI is InChI=1S/C28H35N3O4/c1-2-28(22-14-17-30(18-15-22)16-8-11-21-9-4-3-5-10-21)26(32)31(27(33)29-28)19-23-20-34-24-12-6-7-13-25(24)35-23/h3-7,9-10,12-13,22-23H,2,8,11,14-20H2,1H3,(H,29,33)/t23-,28-/m1/s1. The number of hydrogen-bond acceptors (Lipinski definition) is 5. The number of nitrogens with one attached hydrogen (secondary N) is 1. The van der Waals surface area contributed by atoms with Crippen LogP contribution in [-0.2, 0) is 11.2 Å². The zero-order valence-corrected chi connectivity index (χ0v) is 20.4. The number of hydrogen-bond donors (Lipinski definition) is 1. The van der Waals surface area contributed by atoms with Crippen molar-refractivity contribution in [1.29, 1.82) is 0 Å². The second kappa shape index (κ2) is 10.3. The van der Waals surface area contributed by atoms with Gasteiger partial charge in [0.15, 0.2) is 17.6 Å². The molecule has 7 heteroatoms. The highest BCUT2D eigenvalue weighted by atomic mass is 16.6. The van der Waals surface area contributed by atoms with Gasteiger partial charge in [0, 0.05) is 0 Å². The number of benzene rings is 2. The molecule has 0 aliphatic carbocycles. The average Bonchev–Trinajstić information content (AvgIpc) is 3.15. The summed E-state index contributed by atoms with van der Waals surface area (Å²) in [5, 5.41) is 3.10. The van der Waals surface area contributed by atoms with Crippen molar-refractivity contribution in [3.05, 3.63) is 60.2 Å². The van der Waals surface area contributed by atoms with Gasteiger partial charge in [0.1, 0.15) is 12.1 Å². The quantitative estimate of drug-likeness (QED) is 0.585. The highest BCUT2D eigenvalue weighted by Gasteiger charge is 2.55. The Morgan fingerprint density at radius 2 is 1.71 bits per heavy atom. The fraction of sp³-hybridized carbons (Fsp3) is 0.500. The number of carbonyl (C=O) groups is 2. The topological polar surface area (TPSA) is 71.1 Å². The molecule has 2 atom stereocenters. The van der Waals surface area contributed by atoms with Crippen molar-refractivity contribution in [2.45, 2.75) is 50.7 Å². The van der Waals surface area contributed by atoms with Crippen LogP contribution in [0.15, 0.2) is 54.6 Å². The number of imide groups is 1. The van der Waals surface area contributed by atoms with E-state index in [1.807, 2.05) is 31.2 Å². The van der Waals surface area contributed by atoms with Crippen molar-refractivity contribution in [3.63, 3.8) is 0 Å². The van der Waals surface area contributed by atoms with Gasteiger partial charge < -0.3 is 19.7 Å². The number of carbonyl (C=O) groups excluding carboxylic acids is 2. The van der Waals surface area contributed by atoms with E-state index in [-0.39, 0.29) is 30.5 Å². The van der Waals surface area contributed by atoms with Gasteiger partial charge in [0.25, 0.3) is 5.91 Å². The number of nitrogens with zero attached hydrogens (tertiary/aromatic N) is 2. The van der Waals surface area contributed by atoms with E-state index < -0.39 is 5.54 Å². The van der Waals surface area contributed by atoms with E-state index in [0.29, 0.717) is 24.5 Å². The fourth-order valence-electron chi connectivity index (χ4n) is 5.77. The molecule has 3 aliphatic rings. The van der Waals surface area contributed by atoms with Crippen LogP contribution >= 0.6 is 0 Å². The average molecular weight is 478 g/mol. The maximum atomic E-state index is 13.6. The van der Waals surface area contributed by atoms with Crippen molar-refractivity contribution in [1.82, 2.24) is 15.1 Å². The largest absolute Gasteiger partial charge is 0.486 e. The molecule has 2 saturated heterocycles. The first-order valence-electron chi connectivity index (χ1n) is 12.9. The van der Waals surface area contributed by atoms with Crippen molar-refractivity contribution in [2.75, 3.05) is 32.8 Å². The maximum absolute atomic E-state index is 13.6. The number of urea groups is 1. The zero-order chi connectivity index (χ0) is 24.3. The summed E-state index contributed by atoms with van der Waals surface area (Å²) in [6.45, 7) is 5.49. The van der Waals surface area contributed by atoms with Crippen molar-refractivity contribution in [2.24, 2.45) is 5.92 Å². The van der Waals surface area contributed by atoms with Gasteiger partial charge in [-0.1, -0.05) is 49.4 Å². The highest BCUT2D eigenvalue weighted by Crippen LogP contribution is 2.37. The molecule has 5 rings (SSSR count). The zero-order valence-electron chi connectivity index (χ0n) is 20.4. The van der Waals surface area contributed by atoms with E-state index in [4.69, 9.17) is 9.47 Å². The summed E-state index contributed by atoms with van der Waals surface area (Å²) in [4.78, 5) is 30.4. The van der Waals surface area contributed by atoms with Crippen LogP contribution in [0.2, 0.25) is 0 Å². The van der Waals surface area contributed by atoms with Crippen LogP contribution in [0.5, 0.6) is 11.5 Å². The second-order valence-corrected chi connectivity index (χ2v) is 9.87. The number of para-hydroxylation sites is 2. The molecule has 0 saturated carbocycles. The van der Waals surface area contributed by atoms with Crippen LogP contribution in [-0.4, -0.2) is 66.2 Å². The molecule has 0 bridgehead atoms. The molecular weight excluding hydrogens is 442 g/mol. The van der Waals surface area contributed by atoms with E-state index in [0.717, 1.165) is 45.3 Å². The van der Waals surface area contributed by atoms with Gasteiger partial charge in [0.2, 0.25) is 0 Å². The Labute approximate surface area is 207 Å². The number of likely N-dealkylation sites (tertiary alicyclic amines) is 1. The number of piperidine rings is 1. The number of amides is 3. The van der Waals surface area contributed by atoms with E-state index in [1.54, 1.807) is 0 Å². The number of aryl methyl sites for hydroxylation is 1. The molecule has 35 heavy (non-hydrogen) atoms. The minimum absolute atomic E-state index is 0.116. The lowest BCUT2D eigenvalue weighted by Gasteiger charge is -2.40. The van der Waals surface area contributed by atoms with Crippen LogP contribution in [0.1, 0.15) is 38.2 Å². The molecule has 3 aliphatic heterocycles. The molecule has 186 valence electrons. The van der Waals surface area contributed by atoms with E-state index in [2.05, 4.69) is 40.5 Å². The minimum atomic E-state index is -0.819. The van der Waals surface area contributed by atoms with E-state index in [1.165, 1.54) is 10.5 Å². The second-order valence-electron chi connectivity index (χ2n) is 9.87. The molecule has 2 aromatic carbocycles. The number of ether oxygens (including phenoxy) is 2. The smallest absolute Gasteiger partial charge is 0.325 e. The third kappa shape index (κ3) is 4.87. The van der Waals surface area contributed by atoms with E-state index >= 15 is 0 Å². The molecule has 2 fully saturated rings. The summed E-state index contributed by atoms with van der Waals surface area (Å²) in [6, 6.07) is 17.8. The number of fused-ring (bicyclic) bond motifs is 1. The first-order valence-corrected chi connectivity index (χ1v) is 12.9. The molecule has 7 nitrogen and oxygen atoms in total. The predicted octanol–water partition coefficient (Wildman–Crippen LogP) is 3.87. The summed E-state index contributed by atoms with van der Waals surface area (Å²) in [5.41, 5.74) is 0.559. The first kappa shape index (κ1) is 23.7. The monoisotopic (exact) mass is 477 g/mol. The Bertz CT molecular complexity index is 1040. The lowest BCUT2D eigenvalue weighted by Crippen LogP contribution is -2.56. The van der Waals surface area contributed by atoms with Gasteiger partial charge in [-0.15, -0.1) is 0 Å². The normalized spacial score (nSPS) is 25.1. The Hall–Kier alpha value is -3.06. The maximum Gasteiger partial charge on any atom is 0.325 e. The van der Waals surface area contributed by atoms with Crippen molar-refractivity contribution in [3.8, 4) is 11.5 Å². The molecule has 0 aromatic heterocycles. The SMILES string of the molecule is CC[C@]1(C2CCN(CCCc3ccccc3)CC2)NC(=O)N(C[C@@H]2COc3ccccc3O2)C1=O. The van der Waals surface area contributed by atoms with Crippen molar-refractivity contribution < 1.29 is 19.1 Å². The minimum Gasteiger partial charge on any atom is -0.486 e. The third-order valence-electron chi connectivity index (χ3n) is 7.78. The predicted molar refractivity (Wildman–Crippen MR) is 134 cm³/mol. The first-order chi connectivity index (χ1) is 17.1. The molecule has 0 radical (unpaired) electrons. The Kier molecular flexibility index (Phi) is 6.95. The molecule has 0 unspecified atom stereocenters. The summed E-state index contributed by atoms with van der Waals surface area (Å²) in [5.74, 6) is 1.37. The van der Waals surface area contributed by atoms with Crippen LogP contribution in [0.4, 0.5) is 4.79 Å². The van der Waals surface area contributed by atoms with Crippen molar-refractivity contribution >= 4 is 11.9 Å². The molecule has 3 heterocycles. The summed E-state index contributed by atoms with van der Waals surface area (Å²) in [7, 11) is 0. The number of rotatable bonds is 8. The van der Waals surface area contributed by atoms with Gasteiger partial charge in [-0.05, 0) is 75.4 Å². The van der Waals surface area contributed by atoms with Crippen LogP contribution in [0, 0.1) is 5.92 Å². The molecule has 0 spiro atoms. The molecule has 3 amide bonds. The summed E-state index contributed by atoms with van der Waals surface area (Å²) < 4.78 is 11.8. The Balaban J connectivity index is 1.16. The lowest BCUT2D eigenvalue weighted by molar-refractivity contribution is -0.135. The van der Waals surface area contributed by atoms with Gasteiger partial charge in [-0.2, -0.15) is 0 Å².